The number of pyridine rings is 1. The first kappa shape index (κ1) is 12.7. The molecule has 0 spiro atoms. The SMILES string of the molecule is CC(C)(C)CCNc1ccnc2c(N)cccc12. The van der Waals surface area contributed by atoms with E-state index in [9.17, 15) is 0 Å². The molecule has 2 rings (SSSR count). The number of anilines is 2. The molecule has 1 heterocycles. The first-order chi connectivity index (χ1) is 8.47. The van der Waals surface area contributed by atoms with Gasteiger partial charge in [0.15, 0.2) is 0 Å². The molecule has 3 heteroatoms. The monoisotopic (exact) mass is 243 g/mol. The molecule has 1 aromatic heterocycles. The van der Waals surface area contributed by atoms with Gasteiger partial charge in [0.25, 0.3) is 0 Å². The fourth-order valence-electron chi connectivity index (χ4n) is 1.93. The van der Waals surface area contributed by atoms with E-state index in [0.29, 0.717) is 5.41 Å². The van der Waals surface area contributed by atoms with E-state index < -0.39 is 0 Å². The van der Waals surface area contributed by atoms with Gasteiger partial charge in [-0.15, -0.1) is 0 Å². The first-order valence-corrected chi connectivity index (χ1v) is 6.34. The van der Waals surface area contributed by atoms with Gasteiger partial charge in [0, 0.05) is 23.8 Å². The van der Waals surface area contributed by atoms with Gasteiger partial charge in [0.1, 0.15) is 0 Å². The normalized spacial score (nSPS) is 11.7. The molecular weight excluding hydrogens is 222 g/mol. The van der Waals surface area contributed by atoms with Crippen LogP contribution in [0.15, 0.2) is 30.5 Å². The Morgan fingerprint density at radius 1 is 1.22 bits per heavy atom. The van der Waals surface area contributed by atoms with E-state index in [-0.39, 0.29) is 0 Å². The van der Waals surface area contributed by atoms with Gasteiger partial charge in [-0.25, -0.2) is 0 Å². The molecule has 0 bridgehead atoms. The fourth-order valence-corrected chi connectivity index (χ4v) is 1.93. The number of hydrogen-bond acceptors (Lipinski definition) is 3. The smallest absolute Gasteiger partial charge is 0.0951 e. The molecule has 0 amide bonds. The van der Waals surface area contributed by atoms with Crippen molar-refractivity contribution < 1.29 is 0 Å². The molecule has 0 saturated heterocycles. The van der Waals surface area contributed by atoms with Crippen LogP contribution in [-0.2, 0) is 0 Å². The highest BCUT2D eigenvalue weighted by molar-refractivity contribution is 5.97. The van der Waals surface area contributed by atoms with Crippen molar-refractivity contribution in [3.63, 3.8) is 0 Å². The molecule has 0 aliphatic rings. The van der Waals surface area contributed by atoms with Crippen molar-refractivity contribution in [3.05, 3.63) is 30.5 Å². The molecule has 0 saturated carbocycles. The third kappa shape index (κ3) is 2.92. The number of benzene rings is 1. The molecule has 0 aliphatic carbocycles. The second kappa shape index (κ2) is 4.84. The van der Waals surface area contributed by atoms with Crippen molar-refractivity contribution in [1.29, 1.82) is 0 Å². The highest BCUT2D eigenvalue weighted by atomic mass is 14.9. The minimum absolute atomic E-state index is 0.342. The molecular formula is C15H21N3. The van der Waals surface area contributed by atoms with E-state index in [1.54, 1.807) is 6.20 Å². The molecule has 0 unspecified atom stereocenters. The number of rotatable bonds is 3. The lowest BCUT2D eigenvalue weighted by atomic mass is 9.92. The van der Waals surface area contributed by atoms with E-state index in [2.05, 4.69) is 37.1 Å². The second-order valence-electron chi connectivity index (χ2n) is 5.84. The van der Waals surface area contributed by atoms with Crippen molar-refractivity contribution in [2.75, 3.05) is 17.6 Å². The number of nitrogens with zero attached hydrogens (tertiary/aromatic N) is 1. The summed E-state index contributed by atoms with van der Waals surface area (Å²) in [5, 5.41) is 4.57. The van der Waals surface area contributed by atoms with Gasteiger partial charge in [-0.1, -0.05) is 32.9 Å². The van der Waals surface area contributed by atoms with Gasteiger partial charge in [-0.2, -0.15) is 0 Å². The number of hydrogen-bond donors (Lipinski definition) is 2. The van der Waals surface area contributed by atoms with Crippen molar-refractivity contribution in [1.82, 2.24) is 4.98 Å². The van der Waals surface area contributed by atoms with Crippen LogP contribution in [0.2, 0.25) is 0 Å². The third-order valence-corrected chi connectivity index (χ3v) is 2.99. The van der Waals surface area contributed by atoms with Crippen molar-refractivity contribution in [2.24, 2.45) is 5.41 Å². The molecule has 2 aromatic rings. The van der Waals surface area contributed by atoms with Crippen molar-refractivity contribution in [2.45, 2.75) is 27.2 Å². The molecule has 1 aromatic carbocycles. The van der Waals surface area contributed by atoms with Crippen LogP contribution in [0.4, 0.5) is 11.4 Å². The summed E-state index contributed by atoms with van der Waals surface area (Å²) in [7, 11) is 0. The van der Waals surface area contributed by atoms with Crippen LogP contribution in [0.1, 0.15) is 27.2 Å². The standard InChI is InChI=1S/C15H21N3/c1-15(2,3)8-10-17-13-7-9-18-14-11(13)5-4-6-12(14)16/h4-7,9H,8,10,16H2,1-3H3,(H,17,18). The summed E-state index contributed by atoms with van der Waals surface area (Å²) in [5.41, 5.74) is 8.98. The predicted octanol–water partition coefficient (Wildman–Crippen LogP) is 3.67. The van der Waals surface area contributed by atoms with Gasteiger partial charge in [0.05, 0.1) is 11.2 Å². The van der Waals surface area contributed by atoms with Crippen LogP contribution in [0.25, 0.3) is 10.9 Å². The Morgan fingerprint density at radius 3 is 2.72 bits per heavy atom. The Morgan fingerprint density at radius 2 is 2.00 bits per heavy atom. The lowest BCUT2D eigenvalue weighted by Crippen LogP contribution is -2.13. The molecule has 3 N–H and O–H groups in total. The van der Waals surface area contributed by atoms with Gasteiger partial charge in [-0.05, 0) is 24.0 Å². The van der Waals surface area contributed by atoms with E-state index in [1.165, 1.54) is 0 Å². The maximum absolute atomic E-state index is 5.93. The summed E-state index contributed by atoms with van der Waals surface area (Å²) in [4.78, 5) is 4.33. The van der Waals surface area contributed by atoms with E-state index in [1.807, 2.05) is 18.2 Å². The Bertz CT molecular complexity index is 541. The molecule has 0 aliphatic heterocycles. The molecule has 18 heavy (non-hydrogen) atoms. The molecule has 0 fully saturated rings. The highest BCUT2D eigenvalue weighted by Gasteiger charge is 2.10. The third-order valence-electron chi connectivity index (χ3n) is 2.99. The summed E-state index contributed by atoms with van der Waals surface area (Å²) in [6, 6.07) is 7.91. The molecule has 0 radical (unpaired) electrons. The summed E-state index contributed by atoms with van der Waals surface area (Å²) >= 11 is 0. The van der Waals surface area contributed by atoms with Crippen LogP contribution >= 0.6 is 0 Å². The van der Waals surface area contributed by atoms with Gasteiger partial charge >= 0.3 is 0 Å². The van der Waals surface area contributed by atoms with Crippen LogP contribution in [-0.4, -0.2) is 11.5 Å². The molecule has 96 valence electrons. The van der Waals surface area contributed by atoms with Crippen molar-refractivity contribution >= 4 is 22.3 Å². The number of nitrogens with one attached hydrogen (secondary N) is 1. The summed E-state index contributed by atoms with van der Waals surface area (Å²) < 4.78 is 0. The van der Waals surface area contributed by atoms with Crippen molar-refractivity contribution in [3.8, 4) is 0 Å². The minimum atomic E-state index is 0.342. The lowest BCUT2D eigenvalue weighted by molar-refractivity contribution is 0.390. The largest absolute Gasteiger partial charge is 0.397 e. The Labute approximate surface area is 108 Å². The lowest BCUT2D eigenvalue weighted by Gasteiger charge is -2.19. The Kier molecular flexibility index (Phi) is 3.41. The summed E-state index contributed by atoms with van der Waals surface area (Å²) in [6.07, 6.45) is 2.93. The van der Waals surface area contributed by atoms with Crippen LogP contribution in [0.5, 0.6) is 0 Å². The van der Waals surface area contributed by atoms with E-state index in [4.69, 9.17) is 5.73 Å². The van der Waals surface area contributed by atoms with Gasteiger partial charge in [-0.3, -0.25) is 4.98 Å². The summed E-state index contributed by atoms with van der Waals surface area (Å²) in [5.74, 6) is 0. The maximum Gasteiger partial charge on any atom is 0.0951 e. The van der Waals surface area contributed by atoms with Crippen LogP contribution in [0.3, 0.4) is 0 Å². The average Bonchev–Trinajstić information content (AvgIpc) is 2.29. The molecule has 0 atom stereocenters. The minimum Gasteiger partial charge on any atom is -0.397 e. The second-order valence-corrected chi connectivity index (χ2v) is 5.84. The number of nitrogens with two attached hydrogens (primary N) is 1. The summed E-state index contributed by atoms with van der Waals surface area (Å²) in [6.45, 7) is 7.70. The number of nitrogen functional groups attached to an aromatic ring is 1. The number of aromatic nitrogens is 1. The average molecular weight is 243 g/mol. The Hall–Kier alpha value is -1.77. The van der Waals surface area contributed by atoms with Crippen LogP contribution < -0.4 is 11.1 Å². The highest BCUT2D eigenvalue weighted by Crippen LogP contribution is 2.26. The maximum atomic E-state index is 5.93. The fraction of sp³-hybridized carbons (Fsp3) is 0.400. The van der Waals surface area contributed by atoms with E-state index >= 15 is 0 Å². The zero-order valence-corrected chi connectivity index (χ0v) is 11.3. The van der Waals surface area contributed by atoms with Gasteiger partial charge in [0.2, 0.25) is 0 Å². The topological polar surface area (TPSA) is 50.9 Å². The zero-order chi connectivity index (χ0) is 13.2. The first-order valence-electron chi connectivity index (χ1n) is 6.34. The number of para-hydroxylation sites is 1. The number of fused-ring (bicyclic) bond motifs is 1. The van der Waals surface area contributed by atoms with Gasteiger partial charge < -0.3 is 11.1 Å². The quantitative estimate of drug-likeness (QED) is 0.809. The zero-order valence-electron chi connectivity index (χ0n) is 11.3. The van der Waals surface area contributed by atoms with E-state index in [0.717, 1.165) is 35.2 Å². The molecule has 3 nitrogen and oxygen atoms in total. The Balaban J connectivity index is 2.21. The predicted molar refractivity (Wildman–Crippen MR) is 78.7 cm³/mol. The van der Waals surface area contributed by atoms with Crippen LogP contribution in [0, 0.1) is 5.41 Å².